The molecule has 7 aromatic rings. The van der Waals surface area contributed by atoms with E-state index in [9.17, 15) is 19.2 Å². The Kier molecular flexibility index (Phi) is 30.2. The van der Waals surface area contributed by atoms with E-state index in [-0.39, 0.29) is 38.8 Å². The van der Waals surface area contributed by atoms with Gasteiger partial charge in [-0.2, -0.15) is 0 Å². The zero-order valence-corrected chi connectivity index (χ0v) is 53.3. The summed E-state index contributed by atoms with van der Waals surface area (Å²) in [6.07, 6.45) is 39.6. The third kappa shape index (κ3) is 24.5. The zero-order chi connectivity index (χ0) is 62.8. The van der Waals surface area contributed by atoms with Gasteiger partial charge >= 0.3 is 23.9 Å². The Morgan fingerprint density at radius 1 is 0.303 bits per heavy atom. The Bertz CT molecular complexity index is 3050. The van der Waals surface area contributed by atoms with Crippen LogP contribution in [0, 0.1) is 11.6 Å². The van der Waals surface area contributed by atoms with Crippen molar-refractivity contribution in [3.8, 4) is 45.3 Å². The van der Waals surface area contributed by atoms with Crippen molar-refractivity contribution in [2.45, 2.75) is 206 Å². The van der Waals surface area contributed by atoms with Crippen molar-refractivity contribution in [1.82, 2.24) is 0 Å². The average Bonchev–Trinajstić information content (AvgIpc) is 3.70. The van der Waals surface area contributed by atoms with Gasteiger partial charge in [-0.3, -0.25) is 0 Å². The van der Waals surface area contributed by atoms with Gasteiger partial charge in [0.25, 0.3) is 0 Å². The fraction of sp³-hybridized carbons (Fsp3) is 0.410. The molecule has 0 heterocycles. The number of carbonyl (C=O) groups excluding carboxylic acids is 4. The third-order valence-corrected chi connectivity index (χ3v) is 16.7. The molecule has 0 fully saturated rings. The number of ether oxygens (including phenoxy) is 4. The minimum atomic E-state index is -0.988. The van der Waals surface area contributed by atoms with Gasteiger partial charge in [-0.1, -0.05) is 265 Å². The number of rotatable bonds is 40. The smallest absolute Gasteiger partial charge is 0.343 e. The molecule has 0 saturated carbocycles. The van der Waals surface area contributed by atoms with Crippen LogP contribution in [0.25, 0.3) is 22.3 Å². The molecule has 0 amide bonds. The Labute approximate surface area is 533 Å². The number of unbranched alkanes of at least 4 members (excludes halogenated alkanes) is 26. The Balaban J connectivity index is 0.793. The number of hydrogen-bond acceptors (Lipinski definition) is 8. The van der Waals surface area contributed by atoms with E-state index in [4.69, 9.17) is 30.5 Å². The molecule has 7 aromatic carbocycles. The van der Waals surface area contributed by atoms with E-state index in [0.29, 0.717) is 0 Å². The molecule has 0 N–H and O–H groups in total. The molecule has 0 bridgehead atoms. The summed E-state index contributed by atoms with van der Waals surface area (Å²) >= 11 is 6.29. The van der Waals surface area contributed by atoms with Crippen LogP contribution in [0.1, 0.15) is 246 Å². The summed E-state index contributed by atoms with van der Waals surface area (Å²) in [4.78, 5) is 52.6. The highest BCUT2D eigenvalue weighted by Gasteiger charge is 2.20. The van der Waals surface area contributed by atoms with Crippen molar-refractivity contribution in [2.75, 3.05) is 0 Å². The quantitative estimate of drug-likeness (QED) is 0.0212. The molecular formula is C78H91ClF2O8. The minimum absolute atomic E-state index is 0.0213. The maximum absolute atomic E-state index is 15.3. The summed E-state index contributed by atoms with van der Waals surface area (Å²) in [6, 6.07) is 40.9. The molecular weight excluding hydrogens is 1140 g/mol. The lowest BCUT2D eigenvalue weighted by atomic mass is 10.00. The van der Waals surface area contributed by atoms with E-state index in [1.807, 2.05) is 24.3 Å². The van der Waals surface area contributed by atoms with Gasteiger partial charge in [-0.25, -0.2) is 28.0 Å². The van der Waals surface area contributed by atoms with E-state index < -0.39 is 47.0 Å². The molecule has 0 aliphatic heterocycles. The summed E-state index contributed by atoms with van der Waals surface area (Å²) in [5, 5.41) is 0.0213. The molecule has 0 spiro atoms. The van der Waals surface area contributed by atoms with Gasteiger partial charge in [-0.05, 0) is 132 Å². The van der Waals surface area contributed by atoms with Crippen molar-refractivity contribution in [2.24, 2.45) is 0 Å². The minimum Gasteiger partial charge on any atom is -0.423 e. The van der Waals surface area contributed by atoms with E-state index >= 15 is 8.78 Å². The fourth-order valence-electron chi connectivity index (χ4n) is 11.1. The molecule has 0 atom stereocenters. The number of benzene rings is 7. The highest BCUT2D eigenvalue weighted by atomic mass is 35.5. The molecule has 0 unspecified atom stereocenters. The van der Waals surface area contributed by atoms with Gasteiger partial charge in [0.1, 0.15) is 11.5 Å². The molecule has 0 saturated heterocycles. The van der Waals surface area contributed by atoms with Crippen molar-refractivity contribution in [3.63, 3.8) is 0 Å². The second-order valence-electron chi connectivity index (χ2n) is 23.7. The number of hydrogen-bond donors (Lipinski definition) is 0. The van der Waals surface area contributed by atoms with Crippen LogP contribution in [0.2, 0.25) is 5.02 Å². The third-order valence-electron chi connectivity index (χ3n) is 16.5. The van der Waals surface area contributed by atoms with Crippen LogP contribution in [0.4, 0.5) is 8.78 Å². The maximum Gasteiger partial charge on any atom is 0.343 e. The Morgan fingerprint density at radius 2 is 0.562 bits per heavy atom. The molecule has 89 heavy (non-hydrogen) atoms. The first-order chi connectivity index (χ1) is 43.5. The molecule has 0 radical (unpaired) electrons. The topological polar surface area (TPSA) is 105 Å². The average molecular weight is 1230 g/mol. The second-order valence-corrected chi connectivity index (χ2v) is 24.1. The van der Waals surface area contributed by atoms with Crippen LogP contribution < -0.4 is 18.9 Å². The van der Waals surface area contributed by atoms with E-state index in [1.165, 1.54) is 221 Å². The van der Waals surface area contributed by atoms with Crippen molar-refractivity contribution >= 4 is 35.5 Å². The summed E-state index contributed by atoms with van der Waals surface area (Å²) in [7, 11) is 0. The predicted octanol–water partition coefficient (Wildman–Crippen LogP) is 22.9. The number of esters is 4. The standard InChI is InChI=1S/C78H91ClF2O8/c1-3-5-7-9-11-13-15-17-19-21-23-25-27-29-31-58-33-37-60(38-34-58)62-41-45-64(46-42-62)75(82)88-73-51-49-66(53-71(73)80)77(84)86-69-55-68(79)56-70(57-69)87-78(85)67-50-52-74(72(81)54-67)89-76(83)65-47-43-63(44-48-65)61-39-35-59(36-40-61)32-30-28-26-24-22-20-18-16-14-12-10-8-6-4-2/h33-57H,3-32H2,1-2H3. The van der Waals surface area contributed by atoms with Crippen molar-refractivity contribution in [3.05, 3.63) is 202 Å². The van der Waals surface area contributed by atoms with E-state index in [1.54, 1.807) is 24.3 Å². The largest absolute Gasteiger partial charge is 0.423 e. The zero-order valence-electron chi connectivity index (χ0n) is 52.5. The van der Waals surface area contributed by atoms with E-state index in [0.717, 1.165) is 59.4 Å². The molecule has 0 aliphatic rings. The summed E-state index contributed by atoms with van der Waals surface area (Å²) in [5.74, 6) is -6.58. The first-order valence-corrected chi connectivity index (χ1v) is 33.5. The number of carbonyl (C=O) groups is 4. The number of halogens is 3. The molecule has 8 nitrogen and oxygen atoms in total. The van der Waals surface area contributed by atoms with Gasteiger partial charge < -0.3 is 18.9 Å². The highest BCUT2D eigenvalue weighted by Crippen LogP contribution is 2.31. The van der Waals surface area contributed by atoms with Gasteiger partial charge in [0.2, 0.25) is 0 Å². The van der Waals surface area contributed by atoms with Gasteiger partial charge in [-0.15, -0.1) is 0 Å². The van der Waals surface area contributed by atoms with Gasteiger partial charge in [0.15, 0.2) is 23.1 Å². The van der Waals surface area contributed by atoms with Crippen LogP contribution in [-0.2, 0) is 12.8 Å². The van der Waals surface area contributed by atoms with Gasteiger partial charge in [0, 0.05) is 11.1 Å². The lowest BCUT2D eigenvalue weighted by molar-refractivity contribution is 0.0716. The molecule has 472 valence electrons. The maximum atomic E-state index is 15.3. The van der Waals surface area contributed by atoms with Crippen molar-refractivity contribution < 1.29 is 46.9 Å². The highest BCUT2D eigenvalue weighted by molar-refractivity contribution is 6.31. The molecule has 7 rings (SSSR count). The SMILES string of the molecule is CCCCCCCCCCCCCCCCc1ccc(-c2ccc(C(=O)Oc3ccc(C(=O)Oc4cc(Cl)cc(OC(=O)c5ccc(OC(=O)c6ccc(-c7ccc(CCCCCCCCCCCCCCCC)cc7)cc6)c(F)c5)c4)cc3F)cc2)cc1. The van der Waals surface area contributed by atoms with Crippen LogP contribution >= 0.6 is 11.6 Å². The summed E-state index contributed by atoms with van der Waals surface area (Å²) < 4.78 is 52.3. The van der Waals surface area contributed by atoms with E-state index in [2.05, 4.69) is 62.4 Å². The van der Waals surface area contributed by atoms with Crippen LogP contribution in [0.5, 0.6) is 23.0 Å². The van der Waals surface area contributed by atoms with Crippen LogP contribution in [0.15, 0.2) is 152 Å². The Morgan fingerprint density at radius 3 is 0.854 bits per heavy atom. The Hall–Kier alpha value is -7.43. The fourth-order valence-corrected chi connectivity index (χ4v) is 11.3. The second kappa shape index (κ2) is 38.9. The first-order valence-electron chi connectivity index (χ1n) is 33.1. The summed E-state index contributed by atoms with van der Waals surface area (Å²) in [6.45, 7) is 4.53. The predicted molar refractivity (Wildman–Crippen MR) is 356 cm³/mol. The monoisotopic (exact) mass is 1230 g/mol. The first kappa shape index (κ1) is 69.1. The lowest BCUT2D eigenvalue weighted by Crippen LogP contribution is -2.13. The number of aryl methyl sites for hydroxylation is 2. The van der Waals surface area contributed by atoms with Crippen LogP contribution in [0.3, 0.4) is 0 Å². The lowest BCUT2D eigenvalue weighted by Gasteiger charge is -2.11. The summed E-state index contributed by atoms with van der Waals surface area (Å²) in [5.41, 5.74) is 6.46. The van der Waals surface area contributed by atoms with Crippen molar-refractivity contribution in [1.29, 1.82) is 0 Å². The molecule has 0 aromatic heterocycles. The van der Waals surface area contributed by atoms with Gasteiger partial charge in [0.05, 0.1) is 22.3 Å². The molecule has 0 aliphatic carbocycles. The normalized spacial score (nSPS) is 11.2. The van der Waals surface area contributed by atoms with Crippen LogP contribution in [-0.4, -0.2) is 23.9 Å². The molecule has 11 heteroatoms.